The number of Topliss-reactive ketones (excluding diaryl/α,β-unsaturated/α-hetero) is 1. The Balaban J connectivity index is 2.30. The molecule has 0 saturated heterocycles. The minimum Gasteiger partial charge on any atom is -0.294 e. The van der Waals surface area contributed by atoms with Gasteiger partial charge in [-0.05, 0) is 22.6 Å². The maximum Gasteiger partial charge on any atom is 0.167 e. The second kappa shape index (κ2) is 5.35. The first-order valence-electron chi connectivity index (χ1n) is 6.50. The Hall–Kier alpha value is -1.96. The molecule has 2 heteroatoms. The Morgan fingerprint density at radius 2 is 1.84 bits per heavy atom. The fourth-order valence-corrected chi connectivity index (χ4v) is 2.16. The fraction of sp³-hybridized carbons (Fsp3) is 0.294. The lowest BCUT2D eigenvalue weighted by Crippen LogP contribution is -2.17. The van der Waals surface area contributed by atoms with Crippen molar-refractivity contribution in [2.24, 2.45) is 0 Å². The van der Waals surface area contributed by atoms with E-state index in [1.54, 1.807) is 12.4 Å². The number of hydrogen-bond acceptors (Lipinski definition) is 2. The van der Waals surface area contributed by atoms with Gasteiger partial charge in [-0.1, -0.05) is 51.1 Å². The average Bonchev–Trinajstić information content (AvgIpc) is 2.39. The zero-order valence-electron chi connectivity index (χ0n) is 11.7. The lowest BCUT2D eigenvalue weighted by atomic mass is 9.82. The minimum atomic E-state index is -0.0266. The van der Waals surface area contributed by atoms with Crippen molar-refractivity contribution in [1.29, 1.82) is 0 Å². The summed E-state index contributed by atoms with van der Waals surface area (Å²) < 4.78 is 0. The number of rotatable bonds is 3. The first-order chi connectivity index (χ1) is 8.98. The van der Waals surface area contributed by atoms with Crippen molar-refractivity contribution in [1.82, 2.24) is 4.98 Å². The highest BCUT2D eigenvalue weighted by Crippen LogP contribution is 2.26. The predicted octanol–water partition coefficient (Wildman–Crippen LogP) is 3.80. The highest BCUT2D eigenvalue weighted by atomic mass is 16.1. The maximum atomic E-state index is 12.5. The number of pyridine rings is 1. The van der Waals surface area contributed by atoms with Gasteiger partial charge in [0.25, 0.3) is 0 Å². The molecule has 0 spiro atoms. The Morgan fingerprint density at radius 3 is 2.47 bits per heavy atom. The molecular weight excluding hydrogens is 234 g/mol. The summed E-state index contributed by atoms with van der Waals surface area (Å²) in [7, 11) is 0. The normalized spacial score (nSPS) is 11.3. The molecule has 0 aliphatic heterocycles. The second-order valence-electron chi connectivity index (χ2n) is 5.76. The Kier molecular flexibility index (Phi) is 3.79. The Bertz CT molecular complexity index is 567. The van der Waals surface area contributed by atoms with Crippen LogP contribution in [0.25, 0.3) is 0 Å². The first-order valence-corrected chi connectivity index (χ1v) is 6.50. The lowest BCUT2D eigenvalue weighted by Gasteiger charge is -2.22. The number of carbonyl (C=O) groups is 1. The molecule has 0 aliphatic rings. The molecule has 0 aliphatic carbocycles. The number of carbonyl (C=O) groups excluding carboxylic acids is 1. The highest BCUT2D eigenvalue weighted by Gasteiger charge is 2.20. The molecule has 0 bridgehead atoms. The van der Waals surface area contributed by atoms with Crippen LogP contribution in [0.1, 0.15) is 42.3 Å². The highest BCUT2D eigenvalue weighted by molar-refractivity contribution is 5.99. The molecule has 1 aromatic heterocycles. The maximum absolute atomic E-state index is 12.5. The number of nitrogens with zero attached hydrogens (tertiary/aromatic N) is 1. The second-order valence-corrected chi connectivity index (χ2v) is 5.76. The number of hydrogen-bond donors (Lipinski definition) is 0. The molecule has 0 radical (unpaired) electrons. The van der Waals surface area contributed by atoms with E-state index >= 15 is 0 Å². The van der Waals surface area contributed by atoms with Crippen molar-refractivity contribution < 1.29 is 4.79 Å². The third-order valence-electron chi connectivity index (χ3n) is 3.12. The van der Waals surface area contributed by atoms with E-state index in [2.05, 4.69) is 25.8 Å². The standard InChI is InChI=1S/C17H19NO/c1-17(2,3)15-9-5-4-8-14(15)16(19)11-13-7-6-10-18-12-13/h4-10,12H,11H2,1-3H3. The van der Waals surface area contributed by atoms with Gasteiger partial charge in [0.05, 0.1) is 0 Å². The third-order valence-corrected chi connectivity index (χ3v) is 3.12. The van der Waals surface area contributed by atoms with E-state index in [4.69, 9.17) is 0 Å². The van der Waals surface area contributed by atoms with Crippen LogP contribution < -0.4 is 0 Å². The van der Waals surface area contributed by atoms with Crippen molar-refractivity contribution >= 4 is 5.78 Å². The van der Waals surface area contributed by atoms with Crippen molar-refractivity contribution in [3.05, 3.63) is 65.5 Å². The van der Waals surface area contributed by atoms with E-state index < -0.39 is 0 Å². The largest absolute Gasteiger partial charge is 0.294 e. The van der Waals surface area contributed by atoms with Crippen LogP contribution in [-0.2, 0) is 11.8 Å². The van der Waals surface area contributed by atoms with E-state index in [-0.39, 0.29) is 11.2 Å². The molecule has 0 N–H and O–H groups in total. The van der Waals surface area contributed by atoms with Gasteiger partial charge in [0.15, 0.2) is 5.78 Å². The van der Waals surface area contributed by atoms with Crippen molar-refractivity contribution in [2.75, 3.05) is 0 Å². The molecule has 1 heterocycles. The molecule has 19 heavy (non-hydrogen) atoms. The van der Waals surface area contributed by atoms with Crippen LogP contribution in [0.3, 0.4) is 0 Å². The summed E-state index contributed by atoms with van der Waals surface area (Å²) in [6.07, 6.45) is 3.87. The molecule has 0 atom stereocenters. The molecule has 2 nitrogen and oxygen atoms in total. The summed E-state index contributed by atoms with van der Waals surface area (Å²) in [4.78, 5) is 16.5. The van der Waals surface area contributed by atoms with Gasteiger partial charge in [-0.3, -0.25) is 9.78 Å². The monoisotopic (exact) mass is 253 g/mol. The number of aromatic nitrogens is 1. The molecule has 98 valence electrons. The fourth-order valence-electron chi connectivity index (χ4n) is 2.16. The molecule has 0 unspecified atom stereocenters. The Morgan fingerprint density at radius 1 is 1.11 bits per heavy atom. The van der Waals surface area contributed by atoms with Gasteiger partial charge in [0.2, 0.25) is 0 Å². The zero-order chi connectivity index (χ0) is 13.9. The van der Waals surface area contributed by atoms with Gasteiger partial charge in [0.1, 0.15) is 0 Å². The van der Waals surface area contributed by atoms with Crippen LogP contribution >= 0.6 is 0 Å². The molecule has 0 fully saturated rings. The van der Waals surface area contributed by atoms with Crippen LogP contribution in [0.2, 0.25) is 0 Å². The molecular formula is C17H19NO. The first kappa shape index (κ1) is 13.5. The molecule has 2 aromatic rings. The number of ketones is 1. The van der Waals surface area contributed by atoms with E-state index in [1.807, 2.05) is 36.4 Å². The van der Waals surface area contributed by atoms with Crippen LogP contribution in [-0.4, -0.2) is 10.8 Å². The summed E-state index contributed by atoms with van der Waals surface area (Å²) >= 11 is 0. The van der Waals surface area contributed by atoms with Gasteiger partial charge < -0.3 is 0 Å². The van der Waals surface area contributed by atoms with E-state index in [1.165, 1.54) is 0 Å². The van der Waals surface area contributed by atoms with Gasteiger partial charge >= 0.3 is 0 Å². The smallest absolute Gasteiger partial charge is 0.167 e. The quantitative estimate of drug-likeness (QED) is 0.779. The SMILES string of the molecule is CC(C)(C)c1ccccc1C(=O)Cc1cccnc1. The third kappa shape index (κ3) is 3.28. The van der Waals surface area contributed by atoms with E-state index in [0.717, 1.165) is 16.7 Å². The van der Waals surface area contributed by atoms with Crippen molar-refractivity contribution in [3.8, 4) is 0 Å². The predicted molar refractivity (Wildman–Crippen MR) is 77.4 cm³/mol. The molecule has 1 aromatic carbocycles. The summed E-state index contributed by atoms with van der Waals surface area (Å²) in [6.45, 7) is 6.38. The van der Waals surface area contributed by atoms with Gasteiger partial charge in [-0.15, -0.1) is 0 Å². The minimum absolute atomic E-state index is 0.0266. The van der Waals surface area contributed by atoms with Crippen LogP contribution in [0.4, 0.5) is 0 Å². The topological polar surface area (TPSA) is 30.0 Å². The molecule has 0 saturated carbocycles. The van der Waals surface area contributed by atoms with Crippen molar-refractivity contribution in [2.45, 2.75) is 32.6 Å². The van der Waals surface area contributed by atoms with E-state index in [9.17, 15) is 4.79 Å². The van der Waals surface area contributed by atoms with Gasteiger partial charge in [0, 0.05) is 24.4 Å². The Labute approximate surface area is 114 Å². The molecule has 2 rings (SSSR count). The van der Waals surface area contributed by atoms with Crippen LogP contribution in [0.15, 0.2) is 48.8 Å². The lowest BCUT2D eigenvalue weighted by molar-refractivity contribution is 0.0990. The summed E-state index contributed by atoms with van der Waals surface area (Å²) in [5.41, 5.74) is 2.85. The average molecular weight is 253 g/mol. The molecule has 0 amide bonds. The summed E-state index contributed by atoms with van der Waals surface area (Å²) in [5.74, 6) is 0.151. The zero-order valence-corrected chi connectivity index (χ0v) is 11.7. The van der Waals surface area contributed by atoms with Crippen molar-refractivity contribution in [3.63, 3.8) is 0 Å². The van der Waals surface area contributed by atoms with Gasteiger partial charge in [-0.2, -0.15) is 0 Å². The summed E-state index contributed by atoms with van der Waals surface area (Å²) in [6, 6.07) is 11.7. The van der Waals surface area contributed by atoms with E-state index in [0.29, 0.717) is 6.42 Å². The summed E-state index contributed by atoms with van der Waals surface area (Å²) in [5, 5.41) is 0. The van der Waals surface area contributed by atoms with Gasteiger partial charge in [-0.25, -0.2) is 0 Å². The number of benzene rings is 1. The van der Waals surface area contributed by atoms with Crippen LogP contribution in [0, 0.1) is 0 Å². The van der Waals surface area contributed by atoms with Crippen LogP contribution in [0.5, 0.6) is 0 Å².